The molecule has 0 fully saturated rings. The van der Waals surface area contributed by atoms with Gasteiger partial charge in [0.1, 0.15) is 27.8 Å². The number of esters is 1. The van der Waals surface area contributed by atoms with Gasteiger partial charge >= 0.3 is 5.97 Å². The van der Waals surface area contributed by atoms with Gasteiger partial charge in [0, 0.05) is 23.4 Å². The van der Waals surface area contributed by atoms with E-state index in [1.807, 2.05) is 48.5 Å². The summed E-state index contributed by atoms with van der Waals surface area (Å²) in [6, 6.07) is 22.8. The van der Waals surface area contributed by atoms with Crippen LogP contribution in [-0.2, 0) is 27.6 Å². The smallest absolute Gasteiger partial charge is 0.341 e. The lowest BCUT2D eigenvalue weighted by Crippen LogP contribution is -2.18. The van der Waals surface area contributed by atoms with Crippen molar-refractivity contribution < 1.29 is 22.7 Å². The fraction of sp³-hybridized carbons (Fsp3) is 0.214. The molecule has 0 aliphatic rings. The van der Waals surface area contributed by atoms with Gasteiger partial charge in [0.05, 0.1) is 17.9 Å². The largest absolute Gasteiger partial charge is 0.488 e. The van der Waals surface area contributed by atoms with Crippen LogP contribution in [0.2, 0.25) is 0 Å². The molecule has 6 nitrogen and oxygen atoms in total. The number of nitrogens with zero attached hydrogens (tertiary/aromatic N) is 1. The minimum Gasteiger partial charge on any atom is -0.488 e. The van der Waals surface area contributed by atoms with E-state index in [1.165, 1.54) is 13.4 Å². The molecule has 0 N–H and O–H groups in total. The number of aromatic nitrogens is 1. The molecule has 7 heteroatoms. The standard InChI is InChI=1S/C28H27NO5S/c1-19(35(3,31)32)14-21-16-23-10-7-13-29-27(23)25(17-21)22-9-6-8-20(15-22)18-34-26-12-5-4-11-24(26)28(30)33-2/h4-13,15-17,19H,14,18H2,1-3H3. The highest BCUT2D eigenvalue weighted by Crippen LogP contribution is 2.31. The molecule has 180 valence electrons. The second-order valence-corrected chi connectivity index (χ2v) is 11.0. The van der Waals surface area contributed by atoms with E-state index < -0.39 is 21.1 Å². The van der Waals surface area contributed by atoms with Crippen LogP contribution < -0.4 is 4.74 Å². The second kappa shape index (κ2) is 10.3. The first-order valence-corrected chi connectivity index (χ1v) is 13.2. The molecular formula is C28H27NO5S. The molecule has 4 rings (SSSR count). The number of ether oxygens (including phenoxy) is 2. The van der Waals surface area contributed by atoms with Crippen molar-refractivity contribution in [2.45, 2.75) is 25.2 Å². The number of hydrogen-bond donors (Lipinski definition) is 0. The Kier molecular flexibility index (Phi) is 7.17. The fourth-order valence-electron chi connectivity index (χ4n) is 3.94. The number of pyridine rings is 1. The maximum absolute atomic E-state index is 12.0. The van der Waals surface area contributed by atoms with Crippen molar-refractivity contribution in [3.8, 4) is 16.9 Å². The van der Waals surface area contributed by atoms with Gasteiger partial charge in [0.2, 0.25) is 0 Å². The van der Waals surface area contributed by atoms with E-state index in [0.29, 0.717) is 17.7 Å². The lowest BCUT2D eigenvalue weighted by Gasteiger charge is -2.14. The fourth-order valence-corrected chi connectivity index (χ4v) is 4.43. The molecule has 4 aromatic rings. The summed E-state index contributed by atoms with van der Waals surface area (Å²) in [5, 5.41) is 0.466. The van der Waals surface area contributed by atoms with E-state index in [-0.39, 0.29) is 6.61 Å². The Morgan fingerprint density at radius 1 is 0.971 bits per heavy atom. The van der Waals surface area contributed by atoms with Gasteiger partial charge in [-0.25, -0.2) is 13.2 Å². The Bertz CT molecular complexity index is 1480. The van der Waals surface area contributed by atoms with Gasteiger partial charge in [-0.05, 0) is 66.4 Å². The summed E-state index contributed by atoms with van der Waals surface area (Å²) in [5.74, 6) is 0.000612. The van der Waals surface area contributed by atoms with E-state index in [2.05, 4.69) is 4.98 Å². The summed E-state index contributed by atoms with van der Waals surface area (Å²) in [4.78, 5) is 16.6. The van der Waals surface area contributed by atoms with Crippen LogP contribution in [0.5, 0.6) is 5.75 Å². The Labute approximate surface area is 205 Å². The molecule has 0 spiro atoms. The van der Waals surface area contributed by atoms with Gasteiger partial charge < -0.3 is 9.47 Å². The third-order valence-electron chi connectivity index (χ3n) is 5.94. The molecule has 0 aliphatic carbocycles. The first-order valence-electron chi connectivity index (χ1n) is 11.2. The first kappa shape index (κ1) is 24.4. The lowest BCUT2D eigenvalue weighted by atomic mass is 9.96. The van der Waals surface area contributed by atoms with Crippen molar-refractivity contribution in [2.75, 3.05) is 13.4 Å². The zero-order chi connectivity index (χ0) is 25.0. The van der Waals surface area contributed by atoms with Crippen molar-refractivity contribution in [3.63, 3.8) is 0 Å². The van der Waals surface area contributed by atoms with Gasteiger partial charge in [-0.3, -0.25) is 4.98 Å². The zero-order valence-corrected chi connectivity index (χ0v) is 20.7. The topological polar surface area (TPSA) is 82.6 Å². The van der Waals surface area contributed by atoms with Crippen molar-refractivity contribution in [3.05, 3.63) is 95.7 Å². The summed E-state index contributed by atoms with van der Waals surface area (Å²) in [5.41, 5.74) is 4.94. The van der Waals surface area contributed by atoms with E-state index in [9.17, 15) is 13.2 Å². The summed E-state index contributed by atoms with van der Waals surface area (Å²) >= 11 is 0. The van der Waals surface area contributed by atoms with Gasteiger partial charge in [0.15, 0.2) is 0 Å². The van der Waals surface area contributed by atoms with Crippen LogP contribution in [0.15, 0.2) is 79.0 Å². The highest BCUT2D eigenvalue weighted by molar-refractivity contribution is 7.91. The zero-order valence-electron chi connectivity index (χ0n) is 19.9. The van der Waals surface area contributed by atoms with Crippen LogP contribution >= 0.6 is 0 Å². The molecule has 3 aromatic carbocycles. The average molecular weight is 490 g/mol. The molecule has 0 bridgehead atoms. The van der Waals surface area contributed by atoms with Crippen LogP contribution in [-0.4, -0.2) is 38.0 Å². The second-order valence-electron chi connectivity index (χ2n) is 8.54. The maximum atomic E-state index is 12.0. The molecule has 0 amide bonds. The monoisotopic (exact) mass is 489 g/mol. The number of carbonyl (C=O) groups is 1. The third-order valence-corrected chi connectivity index (χ3v) is 7.57. The van der Waals surface area contributed by atoms with Crippen molar-refractivity contribution in [2.24, 2.45) is 0 Å². The Hall–Kier alpha value is -3.71. The minimum absolute atomic E-state index is 0.262. The van der Waals surface area contributed by atoms with Crippen LogP contribution in [0.1, 0.15) is 28.4 Å². The number of sulfone groups is 1. The number of hydrogen-bond acceptors (Lipinski definition) is 6. The van der Waals surface area contributed by atoms with Crippen molar-refractivity contribution in [1.29, 1.82) is 0 Å². The molecule has 1 atom stereocenters. The number of rotatable bonds is 8. The Morgan fingerprint density at radius 3 is 2.54 bits per heavy atom. The number of methoxy groups -OCH3 is 1. The molecule has 35 heavy (non-hydrogen) atoms. The number of benzene rings is 3. The lowest BCUT2D eigenvalue weighted by molar-refractivity contribution is 0.0595. The summed E-state index contributed by atoms with van der Waals surface area (Å²) in [6.45, 7) is 1.99. The summed E-state index contributed by atoms with van der Waals surface area (Å²) < 4.78 is 34.8. The van der Waals surface area contributed by atoms with Gasteiger partial charge in [-0.2, -0.15) is 0 Å². The highest BCUT2D eigenvalue weighted by Gasteiger charge is 2.17. The molecule has 1 aromatic heterocycles. The van der Waals surface area contributed by atoms with Gasteiger partial charge in [0.25, 0.3) is 0 Å². The number of carbonyl (C=O) groups excluding carboxylic acids is 1. The van der Waals surface area contributed by atoms with Crippen LogP contribution in [0.3, 0.4) is 0 Å². The molecule has 0 radical (unpaired) electrons. The quantitative estimate of drug-likeness (QED) is 0.315. The first-order chi connectivity index (χ1) is 16.8. The Balaban J connectivity index is 1.67. The highest BCUT2D eigenvalue weighted by atomic mass is 32.2. The molecule has 0 saturated heterocycles. The predicted octanol–water partition coefficient (Wildman–Crippen LogP) is 5.24. The molecule has 0 saturated carbocycles. The van der Waals surface area contributed by atoms with E-state index in [1.54, 1.807) is 37.4 Å². The summed E-state index contributed by atoms with van der Waals surface area (Å²) in [7, 11) is -1.81. The molecule has 0 aliphatic heterocycles. The molecule has 1 unspecified atom stereocenters. The molecular weight excluding hydrogens is 462 g/mol. The van der Waals surface area contributed by atoms with Crippen molar-refractivity contribution >= 4 is 26.7 Å². The minimum atomic E-state index is -3.15. The van der Waals surface area contributed by atoms with E-state index >= 15 is 0 Å². The average Bonchev–Trinajstić information content (AvgIpc) is 2.86. The van der Waals surface area contributed by atoms with Crippen LogP contribution in [0.25, 0.3) is 22.0 Å². The van der Waals surface area contributed by atoms with Crippen LogP contribution in [0, 0.1) is 0 Å². The van der Waals surface area contributed by atoms with E-state index in [0.717, 1.165) is 33.2 Å². The number of fused-ring (bicyclic) bond motifs is 1. The van der Waals surface area contributed by atoms with Crippen molar-refractivity contribution in [1.82, 2.24) is 4.98 Å². The maximum Gasteiger partial charge on any atom is 0.341 e. The summed E-state index contributed by atoms with van der Waals surface area (Å²) in [6.07, 6.45) is 3.44. The van der Waals surface area contributed by atoms with Gasteiger partial charge in [-0.15, -0.1) is 0 Å². The normalized spacial score (nSPS) is 12.3. The number of para-hydroxylation sites is 1. The van der Waals surface area contributed by atoms with E-state index in [4.69, 9.17) is 9.47 Å². The Morgan fingerprint density at radius 2 is 1.77 bits per heavy atom. The molecule has 1 heterocycles. The SMILES string of the molecule is COC(=O)c1ccccc1OCc1cccc(-c2cc(CC(C)S(C)(=O)=O)cc3cccnc23)c1. The third kappa shape index (κ3) is 5.69. The van der Waals surface area contributed by atoms with Gasteiger partial charge in [-0.1, -0.05) is 36.4 Å². The van der Waals surface area contributed by atoms with Crippen LogP contribution in [0.4, 0.5) is 0 Å². The predicted molar refractivity (Wildman–Crippen MR) is 137 cm³/mol.